The van der Waals surface area contributed by atoms with Gasteiger partial charge in [0, 0.05) is 5.46 Å². The summed E-state index contributed by atoms with van der Waals surface area (Å²) < 4.78 is 52.1. The van der Waals surface area contributed by atoms with Crippen LogP contribution in [0, 0.1) is 11.3 Å². The van der Waals surface area contributed by atoms with Crippen LogP contribution >= 0.6 is 0 Å². The Morgan fingerprint density at radius 2 is 1.67 bits per heavy atom. The third kappa shape index (κ3) is 2.82. The van der Waals surface area contributed by atoms with Crippen LogP contribution in [0.1, 0.15) is 63.1 Å². The number of hydrogen-bond donors (Lipinski definition) is 0. The fourth-order valence-corrected chi connectivity index (χ4v) is 2.84. The summed E-state index contributed by atoms with van der Waals surface area (Å²) >= 11 is 0. The predicted molar refractivity (Wildman–Crippen MR) is 83.9 cm³/mol. The van der Waals surface area contributed by atoms with Gasteiger partial charge in [-0.2, -0.15) is 18.4 Å². The van der Waals surface area contributed by atoms with Crippen LogP contribution in [0.4, 0.5) is 13.2 Å². The van der Waals surface area contributed by atoms with E-state index in [4.69, 9.17) is 9.31 Å². The lowest BCUT2D eigenvalue weighted by Crippen LogP contribution is -2.41. The van der Waals surface area contributed by atoms with Gasteiger partial charge in [0.1, 0.15) is 0 Å². The van der Waals surface area contributed by atoms with Crippen LogP contribution in [0.2, 0.25) is 0 Å². The molecular formula is C17H19BF3NO2. The Balaban J connectivity index is 2.14. The minimum Gasteiger partial charge on any atom is -0.399 e. The van der Waals surface area contributed by atoms with Gasteiger partial charge in [-0.25, -0.2) is 0 Å². The minimum atomic E-state index is -4.59. The molecule has 24 heavy (non-hydrogen) atoms. The van der Waals surface area contributed by atoms with Crippen molar-refractivity contribution in [2.45, 2.75) is 63.8 Å². The molecule has 0 spiro atoms. The maximum absolute atomic E-state index is 13.4. The second kappa shape index (κ2) is 5.24. The molecule has 1 saturated carbocycles. The fourth-order valence-electron chi connectivity index (χ4n) is 2.84. The van der Waals surface area contributed by atoms with Gasteiger partial charge in [-0.05, 0) is 58.1 Å². The van der Waals surface area contributed by atoms with Crippen LogP contribution < -0.4 is 5.46 Å². The van der Waals surface area contributed by atoms with Crippen LogP contribution in [0.3, 0.4) is 0 Å². The first-order valence-corrected chi connectivity index (χ1v) is 7.97. The third-order valence-corrected chi connectivity index (χ3v) is 5.16. The molecule has 0 radical (unpaired) electrons. The highest BCUT2D eigenvalue weighted by Gasteiger charge is 2.53. The number of benzene rings is 1. The molecule has 1 saturated heterocycles. The summed E-state index contributed by atoms with van der Waals surface area (Å²) in [5.41, 5.74) is -1.90. The molecule has 1 aromatic carbocycles. The van der Waals surface area contributed by atoms with Crippen LogP contribution in [0.25, 0.3) is 0 Å². The lowest BCUT2D eigenvalue weighted by Gasteiger charge is -2.32. The number of nitriles is 1. The van der Waals surface area contributed by atoms with E-state index in [0.29, 0.717) is 5.56 Å². The number of halogens is 3. The second-order valence-electron chi connectivity index (χ2n) is 7.50. The van der Waals surface area contributed by atoms with Crippen molar-refractivity contribution in [3.8, 4) is 6.07 Å². The van der Waals surface area contributed by atoms with E-state index in [9.17, 15) is 18.4 Å². The first-order valence-electron chi connectivity index (χ1n) is 7.97. The Kier molecular flexibility index (Phi) is 3.78. The maximum Gasteiger partial charge on any atom is 0.496 e. The molecule has 0 bridgehead atoms. The summed E-state index contributed by atoms with van der Waals surface area (Å²) in [5, 5.41) is 9.37. The number of nitrogens with zero attached hydrogens (tertiary/aromatic N) is 1. The van der Waals surface area contributed by atoms with Gasteiger partial charge < -0.3 is 9.31 Å². The molecule has 2 aliphatic rings. The number of hydrogen-bond acceptors (Lipinski definition) is 3. The van der Waals surface area contributed by atoms with Crippen LogP contribution in [0.15, 0.2) is 12.1 Å². The SMILES string of the molecule is CC1(C)OB(c2cc(C3CC3)cc(C(F)(F)F)c2C#N)OC1(C)C. The van der Waals surface area contributed by atoms with Gasteiger partial charge in [0.15, 0.2) is 0 Å². The summed E-state index contributed by atoms with van der Waals surface area (Å²) in [5.74, 6) is 0.125. The molecule has 0 atom stereocenters. The molecule has 1 aromatic rings. The molecule has 3 rings (SSSR count). The van der Waals surface area contributed by atoms with Gasteiger partial charge in [-0.15, -0.1) is 0 Å². The zero-order valence-electron chi connectivity index (χ0n) is 14.1. The third-order valence-electron chi connectivity index (χ3n) is 5.16. The van der Waals surface area contributed by atoms with Crippen LogP contribution in [-0.2, 0) is 15.5 Å². The first-order chi connectivity index (χ1) is 11.0. The Bertz CT molecular complexity index is 702. The maximum atomic E-state index is 13.4. The largest absolute Gasteiger partial charge is 0.496 e. The summed E-state index contributed by atoms with van der Waals surface area (Å²) in [4.78, 5) is 0. The highest BCUT2D eigenvalue weighted by atomic mass is 19.4. The molecule has 0 aromatic heterocycles. The molecule has 128 valence electrons. The fraction of sp³-hybridized carbons (Fsp3) is 0.588. The molecule has 1 aliphatic carbocycles. The quantitative estimate of drug-likeness (QED) is 0.772. The van der Waals surface area contributed by atoms with Crippen molar-refractivity contribution >= 4 is 12.6 Å². The van der Waals surface area contributed by atoms with Gasteiger partial charge in [-0.1, -0.05) is 6.07 Å². The van der Waals surface area contributed by atoms with E-state index < -0.39 is 35.6 Å². The van der Waals surface area contributed by atoms with Crippen LogP contribution in [-0.4, -0.2) is 18.3 Å². The van der Waals surface area contributed by atoms with Crippen molar-refractivity contribution in [2.75, 3.05) is 0 Å². The number of alkyl halides is 3. The van der Waals surface area contributed by atoms with Gasteiger partial charge in [0.25, 0.3) is 0 Å². The zero-order valence-corrected chi connectivity index (χ0v) is 14.1. The second-order valence-corrected chi connectivity index (χ2v) is 7.50. The molecule has 3 nitrogen and oxygen atoms in total. The lowest BCUT2D eigenvalue weighted by molar-refractivity contribution is -0.137. The minimum absolute atomic E-state index is 0.125. The van der Waals surface area contributed by atoms with Crippen molar-refractivity contribution in [3.63, 3.8) is 0 Å². The number of rotatable bonds is 2. The lowest BCUT2D eigenvalue weighted by atomic mass is 9.73. The average molecular weight is 337 g/mol. The summed E-state index contributed by atoms with van der Waals surface area (Å²) in [6.45, 7) is 7.31. The van der Waals surface area contributed by atoms with Crippen molar-refractivity contribution in [2.24, 2.45) is 0 Å². The van der Waals surface area contributed by atoms with Crippen molar-refractivity contribution in [1.29, 1.82) is 5.26 Å². The molecule has 0 amide bonds. The predicted octanol–water partition coefficient (Wildman–Crippen LogP) is 3.75. The first kappa shape index (κ1) is 17.3. The molecular weight excluding hydrogens is 318 g/mol. The van der Waals surface area contributed by atoms with Gasteiger partial charge in [-0.3, -0.25) is 0 Å². The highest BCUT2D eigenvalue weighted by Crippen LogP contribution is 2.43. The van der Waals surface area contributed by atoms with E-state index in [1.54, 1.807) is 12.1 Å². The highest BCUT2D eigenvalue weighted by molar-refractivity contribution is 6.63. The molecule has 1 aliphatic heterocycles. The van der Waals surface area contributed by atoms with Gasteiger partial charge in [0.05, 0.1) is 28.4 Å². The van der Waals surface area contributed by atoms with E-state index in [0.717, 1.165) is 18.9 Å². The van der Waals surface area contributed by atoms with Crippen molar-refractivity contribution < 1.29 is 22.5 Å². The normalized spacial score (nSPS) is 22.5. The summed E-state index contributed by atoms with van der Waals surface area (Å²) in [7, 11) is -0.982. The average Bonchev–Trinajstić information content (AvgIpc) is 3.24. The summed E-state index contributed by atoms with van der Waals surface area (Å²) in [6.07, 6.45) is -2.85. The molecule has 1 heterocycles. The van der Waals surface area contributed by atoms with Crippen LogP contribution in [0.5, 0.6) is 0 Å². The Morgan fingerprint density at radius 1 is 1.12 bits per heavy atom. The van der Waals surface area contributed by atoms with E-state index in [-0.39, 0.29) is 11.4 Å². The monoisotopic (exact) mass is 337 g/mol. The van der Waals surface area contributed by atoms with E-state index in [2.05, 4.69) is 0 Å². The Hall–Kier alpha value is -1.52. The standard InChI is InChI=1S/C17H19BF3NO2/c1-15(2)16(3,4)24-18(23-15)14-8-11(10-5-6-10)7-13(12(14)9-22)17(19,20)21/h7-8,10H,5-6H2,1-4H3. The smallest absolute Gasteiger partial charge is 0.399 e. The molecule has 7 heteroatoms. The summed E-state index contributed by atoms with van der Waals surface area (Å²) in [6, 6.07) is 4.46. The van der Waals surface area contributed by atoms with Gasteiger partial charge in [0.2, 0.25) is 0 Å². The Morgan fingerprint density at radius 3 is 2.08 bits per heavy atom. The topological polar surface area (TPSA) is 42.2 Å². The van der Waals surface area contributed by atoms with E-state index in [1.807, 2.05) is 27.7 Å². The Labute approximate surface area is 139 Å². The van der Waals surface area contributed by atoms with Gasteiger partial charge >= 0.3 is 13.3 Å². The van der Waals surface area contributed by atoms with E-state index in [1.165, 1.54) is 0 Å². The van der Waals surface area contributed by atoms with Crippen molar-refractivity contribution in [1.82, 2.24) is 0 Å². The molecule has 0 unspecified atom stereocenters. The molecule has 2 fully saturated rings. The molecule has 0 N–H and O–H groups in total. The van der Waals surface area contributed by atoms with E-state index >= 15 is 0 Å². The van der Waals surface area contributed by atoms with Crippen molar-refractivity contribution in [3.05, 3.63) is 28.8 Å². The zero-order chi connectivity index (χ0) is 17.9.